The second kappa shape index (κ2) is 27.7. The highest BCUT2D eigenvalue weighted by Gasteiger charge is 2.73. The fourth-order valence-corrected chi connectivity index (χ4v) is 13.1. The van der Waals surface area contributed by atoms with Crippen LogP contribution in [0.15, 0.2) is 66.9 Å². The van der Waals surface area contributed by atoms with Crippen LogP contribution in [0, 0.1) is 54.3 Å². The molecule has 1 spiro atoms. The third kappa shape index (κ3) is 16.0. The molecule has 10 rings (SSSR count). The van der Waals surface area contributed by atoms with Gasteiger partial charge in [-0.25, -0.2) is 9.97 Å². The molecule has 4 fully saturated rings. The average Bonchev–Trinajstić information content (AvgIpc) is 1.60. The van der Waals surface area contributed by atoms with E-state index in [1.54, 1.807) is 35.4 Å². The number of aromatic nitrogens is 6. The molecule has 1 aliphatic heterocycles. The SMILES string of the molecule is C#Cc1ccc([C@H](C)NC=O)c(OCCO)c1.CC(C)(C)CC(=O)N1CC[C@@H](O)C1.CNC(=O)CCCCCSNC(=O)c1nc(N(C)c2cc(C)c(Nc3nc4ccccc4s3)nn2)ccc1-c1cnn(CC2(C)CC3CC34CC4C2)c1C. The Morgan fingerprint density at radius 3 is 2.43 bits per heavy atom. The monoisotopic (exact) mass is 1180 g/mol. The van der Waals surface area contributed by atoms with Crippen LogP contribution in [0.2, 0.25) is 0 Å². The molecule has 4 amide bonds. The van der Waals surface area contributed by atoms with Gasteiger partial charge in [0.2, 0.25) is 18.2 Å². The van der Waals surface area contributed by atoms with E-state index in [0.29, 0.717) is 60.3 Å². The van der Waals surface area contributed by atoms with Crippen LogP contribution in [0.25, 0.3) is 21.3 Å². The van der Waals surface area contributed by atoms with E-state index >= 15 is 0 Å². The van der Waals surface area contributed by atoms with Gasteiger partial charge in [-0.2, -0.15) is 5.10 Å². The number of amides is 4. The minimum absolute atomic E-state index is 0.0463. The Labute approximate surface area is 502 Å². The molecule has 5 heterocycles. The lowest BCUT2D eigenvalue weighted by molar-refractivity contribution is -0.132. The maximum absolute atomic E-state index is 13.9. The minimum atomic E-state index is -0.302. The van der Waals surface area contributed by atoms with E-state index in [0.717, 1.165) is 105 Å². The number of pyridine rings is 1. The molecule has 0 radical (unpaired) electrons. The Hall–Kier alpha value is -7.12. The van der Waals surface area contributed by atoms with E-state index in [9.17, 15) is 24.3 Å². The van der Waals surface area contributed by atoms with Crippen LogP contribution in [0.5, 0.6) is 5.75 Å². The van der Waals surface area contributed by atoms with Gasteiger partial charge in [0.1, 0.15) is 23.9 Å². The number of aliphatic hydroxyl groups is 2. The molecule has 4 aromatic heterocycles. The van der Waals surface area contributed by atoms with Gasteiger partial charge in [0.25, 0.3) is 5.91 Å². The average molecular weight is 1180 g/mol. The number of fused-ring (bicyclic) bond motifs is 1. The number of nitrogens with one attached hydrogen (secondary N) is 4. The van der Waals surface area contributed by atoms with Crippen molar-refractivity contribution < 1.29 is 34.1 Å². The third-order valence-electron chi connectivity index (χ3n) is 16.3. The highest BCUT2D eigenvalue weighted by Crippen LogP contribution is 2.82. The quantitative estimate of drug-likeness (QED) is 0.0160. The number of hydrogen-bond donors (Lipinski definition) is 6. The number of anilines is 4. The van der Waals surface area contributed by atoms with Gasteiger partial charge in [-0.15, -0.1) is 16.6 Å². The minimum Gasteiger partial charge on any atom is -0.491 e. The number of para-hydroxylation sites is 1. The Morgan fingerprint density at radius 2 is 1.76 bits per heavy atom. The van der Waals surface area contributed by atoms with Gasteiger partial charge in [-0.1, -0.05) is 81.5 Å². The van der Waals surface area contributed by atoms with E-state index in [4.69, 9.17) is 26.3 Å². The molecular weight excluding hydrogens is 1100 g/mol. The lowest BCUT2D eigenvalue weighted by Crippen LogP contribution is -2.32. The van der Waals surface area contributed by atoms with Crippen LogP contribution in [0.3, 0.4) is 0 Å². The Balaban J connectivity index is 0.000000250. The number of aliphatic hydroxyl groups excluding tert-OH is 2. The summed E-state index contributed by atoms with van der Waals surface area (Å²) in [5.74, 6) is 7.37. The largest absolute Gasteiger partial charge is 0.491 e. The van der Waals surface area contributed by atoms with Gasteiger partial charge >= 0.3 is 0 Å². The molecule has 21 heteroatoms. The second-order valence-electron chi connectivity index (χ2n) is 24.3. The van der Waals surface area contributed by atoms with Crippen molar-refractivity contribution in [1.29, 1.82) is 0 Å². The topological polar surface area (TPSA) is 242 Å². The molecular formula is C63H82N12O7S2. The van der Waals surface area contributed by atoms with E-state index in [1.165, 1.54) is 37.6 Å². The second-order valence-corrected chi connectivity index (χ2v) is 26.2. The fourth-order valence-electron chi connectivity index (χ4n) is 11.6. The van der Waals surface area contributed by atoms with Gasteiger partial charge in [-0.05, 0) is 142 Å². The number of β-amino-alcohol motifs (C(OH)–C–C–N with tert-alkyl or cyclic N) is 1. The number of thiazole rings is 1. The normalized spacial score (nSPS) is 20.3. The lowest BCUT2D eigenvalue weighted by Gasteiger charge is -2.33. The lowest BCUT2D eigenvalue weighted by atomic mass is 9.75. The van der Waals surface area contributed by atoms with Crippen molar-refractivity contribution in [3.63, 3.8) is 0 Å². The van der Waals surface area contributed by atoms with Crippen molar-refractivity contribution in [3.8, 4) is 29.2 Å². The molecule has 84 heavy (non-hydrogen) atoms. The zero-order chi connectivity index (χ0) is 60.3. The van der Waals surface area contributed by atoms with E-state index < -0.39 is 0 Å². The summed E-state index contributed by atoms with van der Waals surface area (Å²) >= 11 is 2.94. The Bertz CT molecular complexity index is 3280. The number of aryl methyl sites for hydroxylation is 1. The predicted molar refractivity (Wildman–Crippen MR) is 332 cm³/mol. The first kappa shape index (κ1) is 62.9. The van der Waals surface area contributed by atoms with Crippen LogP contribution in [-0.2, 0) is 20.9 Å². The van der Waals surface area contributed by atoms with Gasteiger partial charge in [0, 0.05) is 80.3 Å². The van der Waals surface area contributed by atoms with Crippen LogP contribution in [0.1, 0.15) is 138 Å². The molecule has 2 unspecified atom stereocenters. The summed E-state index contributed by atoms with van der Waals surface area (Å²) < 4.78 is 11.7. The van der Waals surface area contributed by atoms with Crippen molar-refractivity contribution in [2.45, 2.75) is 131 Å². The number of hydrogen-bond acceptors (Lipinski definition) is 16. The Morgan fingerprint density at radius 1 is 1.00 bits per heavy atom. The zero-order valence-corrected chi connectivity index (χ0v) is 51.6. The van der Waals surface area contributed by atoms with E-state index in [-0.39, 0.29) is 53.9 Å². The standard InChI is InChI=1S/C40H48N10O2S2.C13H15NO3.C10H19NO2/c1-24-17-33(46-47-36(24)45-38-43-30-11-8-9-12-31(30)54-38)49(5)32-15-14-28(35(44-32)37(52)48-53-16-10-6-7-13-34(51)41-4)29-22-42-50(25(29)2)23-39(3)18-26-20-40(26)21-27(40)19-39;1-3-11-4-5-12(10(2)14-9-16)13(8-11)17-7-6-15;1-10(2,3)6-9(13)11-5-4-8(12)7-11/h8-9,11-12,14-15,17,22,26-27H,6-7,10,13,16,18-21,23H2,1-5H3,(H,41,51)(H,48,52)(H,43,45,47);1,4-5,8-10,15H,6-7H2,2H3,(H,14,16);8,12H,4-7H2,1-3H3/t;10-;8-/m.01/s1. The number of ether oxygens (including phenoxy) is 1. The Kier molecular flexibility index (Phi) is 20.8. The first-order chi connectivity index (χ1) is 40.2. The summed E-state index contributed by atoms with van der Waals surface area (Å²) in [5.41, 5.74) is 7.38. The highest BCUT2D eigenvalue weighted by atomic mass is 32.2. The summed E-state index contributed by atoms with van der Waals surface area (Å²) in [4.78, 5) is 60.8. The number of carbonyl (C=O) groups is 4. The summed E-state index contributed by atoms with van der Waals surface area (Å²) in [6.07, 6.45) is 17.4. The number of terminal acetylenes is 1. The molecule has 4 aliphatic rings. The van der Waals surface area contributed by atoms with Crippen molar-refractivity contribution >= 4 is 80.2 Å². The van der Waals surface area contributed by atoms with Gasteiger partial charge in [-0.3, -0.25) is 28.6 Å². The molecule has 6 N–H and O–H groups in total. The van der Waals surface area contributed by atoms with Crippen molar-refractivity contribution in [1.82, 2.24) is 50.2 Å². The van der Waals surface area contributed by atoms with Crippen molar-refractivity contribution in [2.75, 3.05) is 56.4 Å². The summed E-state index contributed by atoms with van der Waals surface area (Å²) in [6, 6.07) is 19.0. The first-order valence-corrected chi connectivity index (χ1v) is 30.8. The van der Waals surface area contributed by atoms with Gasteiger partial charge in [0.15, 0.2) is 16.8 Å². The molecule has 448 valence electrons. The number of rotatable bonds is 22. The predicted octanol–water partition coefficient (Wildman–Crippen LogP) is 9.85. The fraction of sp³-hybridized carbons (Fsp3) is 0.508. The highest BCUT2D eigenvalue weighted by molar-refractivity contribution is 7.97. The smallest absolute Gasteiger partial charge is 0.280 e. The van der Waals surface area contributed by atoms with Gasteiger partial charge in [0.05, 0.1) is 35.2 Å². The summed E-state index contributed by atoms with van der Waals surface area (Å²) in [5, 5.41) is 41.3. The summed E-state index contributed by atoms with van der Waals surface area (Å²) in [6.45, 7) is 16.8. The zero-order valence-electron chi connectivity index (χ0n) is 50.0. The molecule has 19 nitrogen and oxygen atoms in total. The maximum Gasteiger partial charge on any atom is 0.280 e. The molecule has 3 saturated carbocycles. The third-order valence-corrected chi connectivity index (χ3v) is 18.1. The van der Waals surface area contributed by atoms with Crippen molar-refractivity contribution in [2.24, 2.45) is 28.1 Å². The number of carbonyl (C=O) groups excluding carboxylic acids is 4. The number of nitrogens with zero attached hydrogens (tertiary/aromatic N) is 8. The van der Waals surface area contributed by atoms with Gasteiger partial charge < -0.3 is 40.7 Å². The number of benzene rings is 2. The number of unbranched alkanes of at least 4 members (excludes halogenated alkanes) is 2. The summed E-state index contributed by atoms with van der Waals surface area (Å²) in [7, 11) is 3.54. The maximum atomic E-state index is 13.9. The molecule has 1 saturated heterocycles. The molecule has 6 aromatic rings. The van der Waals surface area contributed by atoms with Crippen LogP contribution in [-0.4, -0.2) is 121 Å². The van der Waals surface area contributed by atoms with E-state index in [1.807, 2.05) is 80.5 Å². The van der Waals surface area contributed by atoms with Crippen LogP contribution < -0.4 is 30.3 Å². The van der Waals surface area contributed by atoms with Crippen molar-refractivity contribution in [3.05, 3.63) is 94.9 Å². The van der Waals surface area contributed by atoms with E-state index in [2.05, 4.69) is 81.1 Å². The molecule has 0 bridgehead atoms. The van der Waals surface area contributed by atoms with Crippen LogP contribution in [0.4, 0.5) is 22.6 Å². The molecule has 2 aromatic carbocycles. The molecule has 4 atom stereocenters. The molecule has 3 aliphatic carbocycles. The first-order valence-electron chi connectivity index (χ1n) is 29.0. The van der Waals surface area contributed by atoms with Crippen LogP contribution >= 0.6 is 23.3 Å². The number of likely N-dealkylation sites (tertiary alicyclic amines) is 1.